The van der Waals surface area contributed by atoms with Crippen molar-refractivity contribution in [3.05, 3.63) is 95.2 Å². The van der Waals surface area contributed by atoms with Gasteiger partial charge in [-0.05, 0) is 65.6 Å². The first-order valence-corrected chi connectivity index (χ1v) is 16.0. The van der Waals surface area contributed by atoms with Gasteiger partial charge in [0.25, 0.3) is 5.91 Å². The Morgan fingerprint density at radius 2 is 1.80 bits per heavy atom. The van der Waals surface area contributed by atoms with Gasteiger partial charge in [0.2, 0.25) is 0 Å². The predicted molar refractivity (Wildman–Crippen MR) is 170 cm³/mol. The zero-order chi connectivity index (χ0) is 31.3. The number of nitrogens with zero attached hydrogens (tertiary/aromatic N) is 2. The standard InChI is InChI=1S/C32H34N6O5S/c1-3-25-22(18-34-17-20-7-13-24(14-8-20)44(2,41)42)5-4-6-27(25)36-28-26(30(33)40)19-35-32-29(28)37-31(38-32)21-9-11-23(12-10-21)43-16-15-39/h4-14,19,34,39H,3,15-18H2,1-2H3,(H2,33,40)(H2,35,36,37,38). The summed E-state index contributed by atoms with van der Waals surface area (Å²) in [6, 6.07) is 20.1. The van der Waals surface area contributed by atoms with Crippen molar-refractivity contribution in [2.75, 3.05) is 24.8 Å². The average molecular weight is 615 g/mol. The molecule has 0 fully saturated rings. The minimum Gasteiger partial charge on any atom is -0.491 e. The van der Waals surface area contributed by atoms with Crippen LogP contribution in [-0.4, -0.2) is 53.9 Å². The number of aliphatic hydroxyl groups is 1. The first kappa shape index (κ1) is 30.7. The van der Waals surface area contributed by atoms with Gasteiger partial charge in [0.1, 0.15) is 23.7 Å². The van der Waals surface area contributed by atoms with Crippen molar-refractivity contribution < 1.29 is 23.1 Å². The number of carbonyl (C=O) groups excluding carboxylic acids is 1. The van der Waals surface area contributed by atoms with E-state index in [0.29, 0.717) is 46.4 Å². The molecule has 0 aliphatic rings. The molecule has 0 atom stereocenters. The summed E-state index contributed by atoms with van der Waals surface area (Å²) in [5.74, 6) is 0.562. The van der Waals surface area contributed by atoms with Crippen molar-refractivity contribution in [3.63, 3.8) is 0 Å². The fraction of sp³-hybridized carbons (Fsp3) is 0.219. The highest BCUT2D eigenvalue weighted by molar-refractivity contribution is 7.90. The van der Waals surface area contributed by atoms with Gasteiger partial charge in [-0.1, -0.05) is 31.2 Å². The summed E-state index contributed by atoms with van der Waals surface area (Å²) in [5.41, 5.74) is 12.1. The number of hydrogen-bond donors (Lipinski definition) is 5. The number of imidazole rings is 1. The van der Waals surface area contributed by atoms with E-state index in [2.05, 4.69) is 32.5 Å². The molecule has 228 valence electrons. The average Bonchev–Trinajstić information content (AvgIpc) is 3.45. The van der Waals surface area contributed by atoms with E-state index in [0.717, 1.165) is 34.4 Å². The molecule has 0 aliphatic heterocycles. The lowest BCUT2D eigenvalue weighted by molar-refractivity contribution is 0.100. The molecule has 0 spiro atoms. The van der Waals surface area contributed by atoms with Crippen LogP contribution in [0, 0.1) is 0 Å². The lowest BCUT2D eigenvalue weighted by Crippen LogP contribution is -2.16. The van der Waals surface area contributed by atoms with Crippen LogP contribution in [0.15, 0.2) is 77.8 Å². The molecule has 3 aromatic carbocycles. The summed E-state index contributed by atoms with van der Waals surface area (Å²) in [4.78, 5) is 25.1. The van der Waals surface area contributed by atoms with Gasteiger partial charge >= 0.3 is 0 Å². The summed E-state index contributed by atoms with van der Waals surface area (Å²) < 4.78 is 28.9. The number of ether oxygens (including phenoxy) is 1. The van der Waals surface area contributed by atoms with Crippen LogP contribution in [0.5, 0.6) is 5.75 Å². The van der Waals surface area contributed by atoms with Gasteiger partial charge in [0, 0.05) is 36.8 Å². The first-order chi connectivity index (χ1) is 21.2. The van der Waals surface area contributed by atoms with E-state index in [4.69, 9.17) is 15.6 Å². The second-order valence-corrected chi connectivity index (χ2v) is 12.2. The van der Waals surface area contributed by atoms with E-state index < -0.39 is 15.7 Å². The van der Waals surface area contributed by atoms with Crippen molar-refractivity contribution in [3.8, 4) is 17.1 Å². The first-order valence-electron chi connectivity index (χ1n) is 14.1. The van der Waals surface area contributed by atoms with E-state index in [-0.39, 0.29) is 18.8 Å². The number of sulfone groups is 1. The van der Waals surface area contributed by atoms with Gasteiger partial charge in [-0.15, -0.1) is 0 Å². The molecule has 6 N–H and O–H groups in total. The molecular weight excluding hydrogens is 580 g/mol. The Bertz CT molecular complexity index is 1890. The highest BCUT2D eigenvalue weighted by Gasteiger charge is 2.19. The maximum atomic E-state index is 12.5. The number of carbonyl (C=O) groups is 1. The van der Waals surface area contributed by atoms with Gasteiger partial charge in [0.05, 0.1) is 22.8 Å². The number of primary amides is 1. The molecule has 12 heteroatoms. The van der Waals surface area contributed by atoms with Gasteiger partial charge < -0.3 is 31.2 Å². The fourth-order valence-electron chi connectivity index (χ4n) is 4.95. The number of aromatic amines is 1. The van der Waals surface area contributed by atoms with E-state index in [1.54, 1.807) is 36.4 Å². The Balaban J connectivity index is 1.40. The number of amides is 1. The number of aliphatic hydroxyl groups excluding tert-OH is 1. The topological polar surface area (TPSA) is 172 Å². The number of pyridine rings is 1. The number of benzene rings is 3. The molecule has 1 amide bonds. The molecule has 0 aliphatic carbocycles. The highest BCUT2D eigenvalue weighted by Crippen LogP contribution is 2.32. The third-order valence-electron chi connectivity index (χ3n) is 7.16. The molecule has 0 saturated heterocycles. The van der Waals surface area contributed by atoms with Crippen LogP contribution < -0.4 is 21.1 Å². The molecule has 2 heterocycles. The molecule has 0 saturated carbocycles. The third kappa shape index (κ3) is 6.88. The maximum Gasteiger partial charge on any atom is 0.252 e. The highest BCUT2D eigenvalue weighted by atomic mass is 32.2. The van der Waals surface area contributed by atoms with Crippen LogP contribution >= 0.6 is 0 Å². The predicted octanol–water partition coefficient (Wildman–Crippen LogP) is 4.09. The van der Waals surface area contributed by atoms with Crippen molar-refractivity contribution in [2.45, 2.75) is 31.3 Å². The van der Waals surface area contributed by atoms with Crippen LogP contribution in [-0.2, 0) is 29.3 Å². The maximum absolute atomic E-state index is 12.5. The van der Waals surface area contributed by atoms with Crippen molar-refractivity contribution in [1.29, 1.82) is 0 Å². The Kier molecular flexibility index (Phi) is 9.23. The van der Waals surface area contributed by atoms with Crippen LogP contribution in [0.3, 0.4) is 0 Å². The van der Waals surface area contributed by atoms with Crippen molar-refractivity contribution in [2.24, 2.45) is 5.73 Å². The monoisotopic (exact) mass is 614 g/mol. The quantitative estimate of drug-likeness (QED) is 0.131. The number of anilines is 2. The van der Waals surface area contributed by atoms with E-state index in [9.17, 15) is 13.2 Å². The summed E-state index contributed by atoms with van der Waals surface area (Å²) in [6.07, 6.45) is 3.34. The van der Waals surface area contributed by atoms with Crippen molar-refractivity contribution in [1.82, 2.24) is 20.3 Å². The summed E-state index contributed by atoms with van der Waals surface area (Å²) in [6.45, 7) is 3.34. The Labute approximate surface area is 255 Å². The molecule has 5 rings (SSSR count). The lowest BCUT2D eigenvalue weighted by atomic mass is 10.0. The van der Waals surface area contributed by atoms with E-state index >= 15 is 0 Å². The number of aromatic nitrogens is 3. The van der Waals surface area contributed by atoms with Gasteiger partial charge in [-0.3, -0.25) is 4.79 Å². The number of hydrogen-bond acceptors (Lipinski definition) is 9. The third-order valence-corrected chi connectivity index (χ3v) is 8.28. The summed E-state index contributed by atoms with van der Waals surface area (Å²) in [5, 5.41) is 15.9. The normalized spacial score (nSPS) is 11.5. The molecule has 44 heavy (non-hydrogen) atoms. The van der Waals surface area contributed by atoms with Crippen LogP contribution in [0.4, 0.5) is 11.4 Å². The number of rotatable bonds is 13. The van der Waals surface area contributed by atoms with E-state index in [1.165, 1.54) is 12.5 Å². The SMILES string of the molecule is CCc1c(CNCc2ccc(S(C)(=O)=O)cc2)cccc1Nc1c(C(N)=O)cnc2nc(-c3ccc(OCCO)cc3)[nH]c12. The van der Waals surface area contributed by atoms with E-state index in [1.807, 2.05) is 30.3 Å². The fourth-order valence-corrected chi connectivity index (χ4v) is 5.58. The van der Waals surface area contributed by atoms with Crippen LogP contribution in [0.2, 0.25) is 0 Å². The number of fused-ring (bicyclic) bond motifs is 1. The Hall–Kier alpha value is -4.78. The zero-order valence-electron chi connectivity index (χ0n) is 24.4. The molecule has 0 bridgehead atoms. The molecule has 11 nitrogen and oxygen atoms in total. The second-order valence-electron chi connectivity index (χ2n) is 10.2. The Morgan fingerprint density at radius 1 is 1.05 bits per heavy atom. The van der Waals surface area contributed by atoms with Gasteiger partial charge in [-0.2, -0.15) is 0 Å². The zero-order valence-corrected chi connectivity index (χ0v) is 25.2. The number of H-pyrrole nitrogens is 1. The molecule has 0 unspecified atom stereocenters. The number of nitrogens with one attached hydrogen (secondary N) is 3. The Morgan fingerprint density at radius 3 is 2.45 bits per heavy atom. The summed E-state index contributed by atoms with van der Waals surface area (Å²) in [7, 11) is -3.24. The smallest absolute Gasteiger partial charge is 0.252 e. The largest absolute Gasteiger partial charge is 0.491 e. The van der Waals surface area contributed by atoms with Crippen molar-refractivity contribution >= 4 is 38.3 Å². The lowest BCUT2D eigenvalue weighted by Gasteiger charge is -2.17. The minimum atomic E-state index is -3.24. The summed E-state index contributed by atoms with van der Waals surface area (Å²) >= 11 is 0. The van der Waals surface area contributed by atoms with Gasteiger partial charge in [-0.25, -0.2) is 18.4 Å². The second kappa shape index (κ2) is 13.2. The molecule has 0 radical (unpaired) electrons. The molecular formula is C32H34N6O5S. The minimum absolute atomic E-state index is 0.0719. The van der Waals surface area contributed by atoms with Gasteiger partial charge in [0.15, 0.2) is 15.5 Å². The molecule has 2 aromatic heterocycles. The van der Waals surface area contributed by atoms with Crippen LogP contribution in [0.1, 0.15) is 34.0 Å². The molecule has 5 aromatic rings. The van der Waals surface area contributed by atoms with Crippen LogP contribution in [0.25, 0.3) is 22.6 Å². The number of nitrogens with two attached hydrogens (primary N) is 1.